The number of carbonyl (C=O) groups is 1. The third-order valence-electron chi connectivity index (χ3n) is 3.36. The summed E-state index contributed by atoms with van der Waals surface area (Å²) in [6, 6.07) is 10.8. The lowest BCUT2D eigenvalue weighted by Crippen LogP contribution is -2.03. The van der Waals surface area contributed by atoms with Crippen LogP contribution in [0.25, 0.3) is 0 Å². The molecule has 2 rings (SSSR count). The molecular weight excluding hydrogens is 291 g/mol. The number of aryl methyl sites for hydroxylation is 2. The van der Waals surface area contributed by atoms with Gasteiger partial charge in [0.05, 0.1) is 0 Å². The fourth-order valence-corrected chi connectivity index (χ4v) is 2.82. The van der Waals surface area contributed by atoms with Crippen molar-refractivity contribution in [1.82, 2.24) is 0 Å². The molecule has 0 aromatic heterocycles. The van der Waals surface area contributed by atoms with Crippen molar-refractivity contribution in [3.05, 3.63) is 68.7 Å². The van der Waals surface area contributed by atoms with Crippen LogP contribution in [0.5, 0.6) is 0 Å². The van der Waals surface area contributed by atoms with E-state index in [2.05, 4.69) is 13.8 Å². The Hall–Kier alpha value is -1.31. The molecule has 0 saturated carbocycles. The first kappa shape index (κ1) is 15.1. The normalized spacial score (nSPS) is 10.6. The Kier molecular flexibility index (Phi) is 4.85. The molecule has 0 aliphatic rings. The van der Waals surface area contributed by atoms with Crippen molar-refractivity contribution in [3.63, 3.8) is 0 Å². The van der Waals surface area contributed by atoms with Crippen molar-refractivity contribution in [2.45, 2.75) is 26.7 Å². The van der Waals surface area contributed by atoms with Crippen LogP contribution < -0.4 is 0 Å². The molecule has 0 aliphatic heterocycles. The van der Waals surface area contributed by atoms with E-state index >= 15 is 0 Å². The first-order chi connectivity index (χ1) is 9.55. The van der Waals surface area contributed by atoms with Gasteiger partial charge in [-0.05, 0) is 48.2 Å². The Labute approximate surface area is 129 Å². The number of halogens is 2. The fraction of sp³-hybridized carbons (Fsp3) is 0.235. The number of rotatable bonds is 4. The first-order valence-corrected chi connectivity index (χ1v) is 7.43. The summed E-state index contributed by atoms with van der Waals surface area (Å²) in [5, 5.41) is 0.948. The van der Waals surface area contributed by atoms with E-state index in [0.29, 0.717) is 21.2 Å². The van der Waals surface area contributed by atoms with E-state index in [1.807, 2.05) is 18.2 Å². The molecule has 0 unspecified atom stereocenters. The Bertz CT molecular complexity index is 627. The molecule has 104 valence electrons. The van der Waals surface area contributed by atoms with Gasteiger partial charge in [0.15, 0.2) is 5.78 Å². The molecular formula is C17H16Cl2O. The van der Waals surface area contributed by atoms with E-state index in [4.69, 9.17) is 23.2 Å². The van der Waals surface area contributed by atoms with Gasteiger partial charge in [-0.2, -0.15) is 0 Å². The van der Waals surface area contributed by atoms with Crippen molar-refractivity contribution >= 4 is 29.0 Å². The van der Waals surface area contributed by atoms with Gasteiger partial charge in [-0.15, -0.1) is 0 Å². The van der Waals surface area contributed by atoms with Crippen LogP contribution in [0.15, 0.2) is 36.4 Å². The van der Waals surface area contributed by atoms with Crippen LogP contribution in [0.2, 0.25) is 10.0 Å². The second kappa shape index (κ2) is 6.43. The maximum atomic E-state index is 12.5. The zero-order chi connectivity index (χ0) is 14.7. The highest BCUT2D eigenvalue weighted by atomic mass is 35.5. The summed E-state index contributed by atoms with van der Waals surface area (Å²) >= 11 is 11.9. The predicted octanol–water partition coefficient (Wildman–Crippen LogP) is 5.35. The van der Waals surface area contributed by atoms with E-state index in [1.54, 1.807) is 18.2 Å². The average molecular weight is 307 g/mol. The van der Waals surface area contributed by atoms with Crippen LogP contribution in [-0.2, 0) is 12.8 Å². The van der Waals surface area contributed by atoms with E-state index in [9.17, 15) is 4.79 Å². The molecule has 0 atom stereocenters. The van der Waals surface area contributed by atoms with Gasteiger partial charge < -0.3 is 0 Å². The van der Waals surface area contributed by atoms with Crippen molar-refractivity contribution in [1.29, 1.82) is 0 Å². The molecule has 0 fully saturated rings. The minimum Gasteiger partial charge on any atom is -0.289 e. The molecule has 2 aromatic rings. The van der Waals surface area contributed by atoms with Gasteiger partial charge >= 0.3 is 0 Å². The lowest BCUT2D eigenvalue weighted by molar-refractivity contribution is 0.103. The molecule has 0 saturated heterocycles. The van der Waals surface area contributed by atoms with Crippen LogP contribution in [-0.4, -0.2) is 5.78 Å². The predicted molar refractivity (Wildman–Crippen MR) is 85.1 cm³/mol. The summed E-state index contributed by atoms with van der Waals surface area (Å²) in [7, 11) is 0. The molecule has 0 radical (unpaired) electrons. The summed E-state index contributed by atoms with van der Waals surface area (Å²) in [4.78, 5) is 12.5. The molecule has 2 aromatic carbocycles. The monoisotopic (exact) mass is 306 g/mol. The van der Waals surface area contributed by atoms with Gasteiger partial charge in [0.2, 0.25) is 0 Å². The molecule has 0 heterocycles. The molecule has 0 amide bonds. The minimum atomic E-state index is -0.0493. The zero-order valence-corrected chi connectivity index (χ0v) is 13.1. The maximum absolute atomic E-state index is 12.5. The molecule has 0 spiro atoms. The zero-order valence-electron chi connectivity index (χ0n) is 11.5. The standard InChI is InChI=1S/C17H16Cl2O/c1-3-11-5-6-13(7-12(11)4-2)17(20)14-8-15(18)10-16(19)9-14/h5-10H,3-4H2,1-2H3. The number of hydrogen-bond acceptors (Lipinski definition) is 1. The third kappa shape index (κ3) is 3.23. The van der Waals surface area contributed by atoms with Gasteiger partial charge in [0.1, 0.15) is 0 Å². The number of ketones is 1. The van der Waals surface area contributed by atoms with Crippen molar-refractivity contribution < 1.29 is 4.79 Å². The van der Waals surface area contributed by atoms with Gasteiger partial charge in [-0.25, -0.2) is 0 Å². The Morgan fingerprint density at radius 2 is 1.45 bits per heavy atom. The molecule has 1 nitrogen and oxygen atoms in total. The van der Waals surface area contributed by atoms with Crippen LogP contribution in [0.3, 0.4) is 0 Å². The smallest absolute Gasteiger partial charge is 0.193 e. The number of benzene rings is 2. The summed E-state index contributed by atoms with van der Waals surface area (Å²) in [6.45, 7) is 4.21. The minimum absolute atomic E-state index is 0.0493. The van der Waals surface area contributed by atoms with Crippen LogP contribution in [0, 0.1) is 0 Å². The van der Waals surface area contributed by atoms with Crippen molar-refractivity contribution in [2.24, 2.45) is 0 Å². The second-order valence-electron chi connectivity index (χ2n) is 4.68. The highest BCUT2D eigenvalue weighted by Crippen LogP contribution is 2.22. The van der Waals surface area contributed by atoms with Crippen LogP contribution in [0.1, 0.15) is 40.9 Å². The van der Waals surface area contributed by atoms with Gasteiger partial charge in [0, 0.05) is 21.2 Å². The summed E-state index contributed by atoms with van der Waals surface area (Å²) in [5.41, 5.74) is 3.70. The van der Waals surface area contributed by atoms with Crippen LogP contribution in [0.4, 0.5) is 0 Å². The molecule has 0 aliphatic carbocycles. The number of hydrogen-bond donors (Lipinski definition) is 0. The van der Waals surface area contributed by atoms with Crippen molar-refractivity contribution in [2.75, 3.05) is 0 Å². The second-order valence-corrected chi connectivity index (χ2v) is 5.55. The molecule has 20 heavy (non-hydrogen) atoms. The maximum Gasteiger partial charge on any atom is 0.193 e. The third-order valence-corrected chi connectivity index (χ3v) is 3.79. The van der Waals surface area contributed by atoms with Crippen LogP contribution >= 0.6 is 23.2 Å². The summed E-state index contributed by atoms with van der Waals surface area (Å²) in [5.74, 6) is -0.0493. The SMILES string of the molecule is CCc1ccc(C(=O)c2cc(Cl)cc(Cl)c2)cc1CC. The summed E-state index contributed by atoms with van der Waals surface area (Å²) < 4.78 is 0. The first-order valence-electron chi connectivity index (χ1n) is 6.67. The van der Waals surface area contributed by atoms with E-state index in [-0.39, 0.29) is 5.78 Å². The van der Waals surface area contributed by atoms with E-state index in [0.717, 1.165) is 12.8 Å². The Morgan fingerprint density at radius 1 is 0.850 bits per heavy atom. The Morgan fingerprint density at radius 3 is 2.00 bits per heavy atom. The highest BCUT2D eigenvalue weighted by molar-refractivity contribution is 6.35. The van der Waals surface area contributed by atoms with Gasteiger partial charge in [-0.1, -0.05) is 49.2 Å². The lowest BCUT2D eigenvalue weighted by Gasteiger charge is -2.09. The lowest BCUT2D eigenvalue weighted by atomic mass is 9.96. The van der Waals surface area contributed by atoms with Crippen molar-refractivity contribution in [3.8, 4) is 0 Å². The molecule has 3 heteroatoms. The molecule has 0 bridgehead atoms. The average Bonchev–Trinajstić information content (AvgIpc) is 2.44. The van der Waals surface area contributed by atoms with Gasteiger partial charge in [-0.3, -0.25) is 4.79 Å². The fourth-order valence-electron chi connectivity index (χ4n) is 2.29. The van der Waals surface area contributed by atoms with E-state index < -0.39 is 0 Å². The quantitative estimate of drug-likeness (QED) is 0.696. The van der Waals surface area contributed by atoms with Gasteiger partial charge in [0.25, 0.3) is 0 Å². The Balaban J connectivity index is 2.42. The molecule has 0 N–H and O–H groups in total. The largest absolute Gasteiger partial charge is 0.289 e. The van der Waals surface area contributed by atoms with E-state index in [1.165, 1.54) is 11.1 Å². The topological polar surface area (TPSA) is 17.1 Å². The number of carbonyl (C=O) groups excluding carboxylic acids is 1. The summed E-state index contributed by atoms with van der Waals surface area (Å²) in [6.07, 6.45) is 1.89. The highest BCUT2D eigenvalue weighted by Gasteiger charge is 2.12.